The molecule has 0 fully saturated rings. The monoisotopic (exact) mass is 327 g/mol. The minimum atomic E-state index is -0.437. The zero-order valence-corrected chi connectivity index (χ0v) is 13.3. The van der Waals surface area contributed by atoms with Gasteiger partial charge in [0, 0.05) is 11.6 Å². The van der Waals surface area contributed by atoms with Gasteiger partial charge in [-0.3, -0.25) is 0 Å². The number of benzene rings is 2. The molecule has 1 atom stereocenters. The molecule has 2 aromatic carbocycles. The summed E-state index contributed by atoms with van der Waals surface area (Å²) in [6.45, 7) is 4.71. The van der Waals surface area contributed by atoms with Gasteiger partial charge in [-0.25, -0.2) is 4.39 Å². The maximum Gasteiger partial charge on any atom is 0.167 e. The van der Waals surface area contributed by atoms with E-state index in [2.05, 4.69) is 5.32 Å². The fourth-order valence-corrected chi connectivity index (χ4v) is 2.39. The summed E-state index contributed by atoms with van der Waals surface area (Å²) in [6.07, 6.45) is 0. The zero-order chi connectivity index (χ0) is 15.4. The van der Waals surface area contributed by atoms with Crippen LogP contribution in [0.1, 0.15) is 25.5 Å². The first kappa shape index (κ1) is 16.1. The molecule has 0 spiro atoms. The van der Waals surface area contributed by atoms with Crippen LogP contribution in [0.15, 0.2) is 36.4 Å². The van der Waals surface area contributed by atoms with Gasteiger partial charge >= 0.3 is 0 Å². The Labute approximate surface area is 133 Å². The number of ether oxygens (including phenoxy) is 1. The van der Waals surface area contributed by atoms with Crippen LogP contribution in [-0.4, -0.2) is 6.54 Å². The Kier molecular flexibility index (Phi) is 5.45. The second-order valence-corrected chi connectivity index (χ2v) is 5.38. The van der Waals surface area contributed by atoms with E-state index in [-0.39, 0.29) is 16.8 Å². The van der Waals surface area contributed by atoms with Crippen LogP contribution in [0.5, 0.6) is 11.5 Å². The fourth-order valence-electron chi connectivity index (χ4n) is 2.06. The molecule has 0 aliphatic rings. The molecule has 2 aromatic rings. The summed E-state index contributed by atoms with van der Waals surface area (Å²) in [4.78, 5) is 0. The number of nitrogens with one attached hydrogen (secondary N) is 1. The van der Waals surface area contributed by atoms with Crippen LogP contribution in [-0.2, 0) is 0 Å². The van der Waals surface area contributed by atoms with Crippen molar-refractivity contribution in [3.05, 3.63) is 57.8 Å². The smallest absolute Gasteiger partial charge is 0.167 e. The molecule has 0 aliphatic carbocycles. The van der Waals surface area contributed by atoms with E-state index in [1.54, 1.807) is 24.3 Å². The molecule has 21 heavy (non-hydrogen) atoms. The van der Waals surface area contributed by atoms with Crippen LogP contribution in [0, 0.1) is 5.82 Å². The van der Waals surface area contributed by atoms with E-state index in [4.69, 9.17) is 27.9 Å². The molecule has 1 N–H and O–H groups in total. The fraction of sp³-hybridized carbons (Fsp3) is 0.250. The summed E-state index contributed by atoms with van der Waals surface area (Å²) >= 11 is 12.0. The van der Waals surface area contributed by atoms with Crippen LogP contribution < -0.4 is 10.1 Å². The van der Waals surface area contributed by atoms with Crippen molar-refractivity contribution in [2.75, 3.05) is 6.54 Å². The lowest BCUT2D eigenvalue weighted by Gasteiger charge is -2.18. The molecule has 0 amide bonds. The van der Waals surface area contributed by atoms with Crippen LogP contribution in [0.4, 0.5) is 4.39 Å². The highest BCUT2D eigenvalue weighted by atomic mass is 35.5. The Morgan fingerprint density at radius 2 is 1.90 bits per heavy atom. The molecule has 112 valence electrons. The van der Waals surface area contributed by atoms with Crippen molar-refractivity contribution >= 4 is 23.2 Å². The van der Waals surface area contributed by atoms with Gasteiger partial charge in [-0.1, -0.05) is 48.3 Å². The van der Waals surface area contributed by atoms with Gasteiger partial charge in [0.05, 0.1) is 5.02 Å². The first-order valence-electron chi connectivity index (χ1n) is 6.68. The summed E-state index contributed by atoms with van der Waals surface area (Å²) in [6, 6.07) is 9.81. The van der Waals surface area contributed by atoms with E-state index in [1.165, 1.54) is 6.07 Å². The van der Waals surface area contributed by atoms with E-state index >= 15 is 0 Å². The number of halogens is 3. The summed E-state index contributed by atoms with van der Waals surface area (Å²) < 4.78 is 19.8. The summed E-state index contributed by atoms with van der Waals surface area (Å²) in [5, 5.41) is 3.87. The normalized spacial score (nSPS) is 12.2. The van der Waals surface area contributed by atoms with Crippen molar-refractivity contribution < 1.29 is 9.13 Å². The molecule has 0 radical (unpaired) electrons. The van der Waals surface area contributed by atoms with Crippen molar-refractivity contribution in [1.29, 1.82) is 0 Å². The molecule has 0 heterocycles. The standard InChI is InChI=1S/C16H16Cl2FNO/c1-3-20-10(2)11-6-4-8-13(19)16(11)21-14-9-5-7-12(17)15(14)18/h4-10,20H,3H2,1-2H3. The van der Waals surface area contributed by atoms with Gasteiger partial charge in [0.1, 0.15) is 10.8 Å². The topological polar surface area (TPSA) is 21.3 Å². The maximum absolute atomic E-state index is 14.1. The van der Waals surface area contributed by atoms with Crippen LogP contribution >= 0.6 is 23.2 Å². The Morgan fingerprint density at radius 3 is 2.62 bits per heavy atom. The van der Waals surface area contributed by atoms with E-state index in [0.29, 0.717) is 10.8 Å². The predicted molar refractivity (Wildman–Crippen MR) is 85.0 cm³/mol. The third-order valence-electron chi connectivity index (χ3n) is 3.10. The molecule has 0 aromatic heterocycles. The lowest BCUT2D eigenvalue weighted by Crippen LogP contribution is -2.18. The van der Waals surface area contributed by atoms with Crippen molar-refractivity contribution in [3.8, 4) is 11.5 Å². The lowest BCUT2D eigenvalue weighted by molar-refractivity contribution is 0.426. The molecule has 0 saturated heterocycles. The molecular formula is C16H16Cl2FNO. The van der Waals surface area contributed by atoms with Crippen LogP contribution in [0.2, 0.25) is 10.0 Å². The average Bonchev–Trinajstić information content (AvgIpc) is 2.46. The van der Waals surface area contributed by atoms with Crippen molar-refractivity contribution in [2.45, 2.75) is 19.9 Å². The molecule has 0 aliphatic heterocycles. The summed E-state index contributed by atoms with van der Waals surface area (Å²) in [5.41, 5.74) is 0.730. The average molecular weight is 328 g/mol. The quantitative estimate of drug-likeness (QED) is 0.772. The van der Waals surface area contributed by atoms with Gasteiger partial charge in [0.25, 0.3) is 0 Å². The highest BCUT2D eigenvalue weighted by Crippen LogP contribution is 2.38. The summed E-state index contributed by atoms with van der Waals surface area (Å²) in [5.74, 6) is 0.0580. The minimum Gasteiger partial charge on any atom is -0.452 e. The number of para-hydroxylation sites is 1. The van der Waals surface area contributed by atoms with E-state index in [1.807, 2.05) is 19.9 Å². The van der Waals surface area contributed by atoms with Crippen LogP contribution in [0.3, 0.4) is 0 Å². The Morgan fingerprint density at radius 1 is 1.19 bits per heavy atom. The van der Waals surface area contributed by atoms with E-state index in [9.17, 15) is 4.39 Å². The van der Waals surface area contributed by atoms with E-state index in [0.717, 1.165) is 12.1 Å². The maximum atomic E-state index is 14.1. The zero-order valence-electron chi connectivity index (χ0n) is 11.8. The number of rotatable bonds is 5. The molecule has 5 heteroatoms. The SMILES string of the molecule is CCNC(C)c1cccc(F)c1Oc1cccc(Cl)c1Cl. The third kappa shape index (κ3) is 3.67. The molecular weight excluding hydrogens is 312 g/mol. The molecule has 2 rings (SSSR count). The largest absolute Gasteiger partial charge is 0.452 e. The molecule has 2 nitrogen and oxygen atoms in total. The second-order valence-electron chi connectivity index (χ2n) is 4.59. The Hall–Kier alpha value is -1.29. The third-order valence-corrected chi connectivity index (χ3v) is 3.90. The van der Waals surface area contributed by atoms with E-state index < -0.39 is 5.82 Å². The van der Waals surface area contributed by atoms with Gasteiger partial charge in [-0.2, -0.15) is 0 Å². The summed E-state index contributed by atoms with van der Waals surface area (Å²) in [7, 11) is 0. The minimum absolute atomic E-state index is 0.0429. The van der Waals surface area contributed by atoms with Crippen molar-refractivity contribution in [2.24, 2.45) is 0 Å². The second kappa shape index (κ2) is 7.12. The van der Waals surface area contributed by atoms with Gasteiger partial charge in [-0.15, -0.1) is 0 Å². The first-order valence-corrected chi connectivity index (χ1v) is 7.43. The molecule has 1 unspecified atom stereocenters. The predicted octanol–water partition coefficient (Wildman–Crippen LogP) is 5.60. The van der Waals surface area contributed by atoms with Crippen molar-refractivity contribution in [3.63, 3.8) is 0 Å². The van der Waals surface area contributed by atoms with Gasteiger partial charge in [0.15, 0.2) is 11.6 Å². The van der Waals surface area contributed by atoms with Gasteiger partial charge < -0.3 is 10.1 Å². The Bertz CT molecular complexity index is 634. The first-order chi connectivity index (χ1) is 10.0. The van der Waals surface area contributed by atoms with Crippen molar-refractivity contribution in [1.82, 2.24) is 5.32 Å². The molecule has 0 saturated carbocycles. The Balaban J connectivity index is 2.41. The van der Waals surface area contributed by atoms with Crippen LogP contribution in [0.25, 0.3) is 0 Å². The lowest BCUT2D eigenvalue weighted by atomic mass is 10.1. The van der Waals surface area contributed by atoms with Gasteiger partial charge in [0.2, 0.25) is 0 Å². The number of hydrogen-bond acceptors (Lipinski definition) is 2. The highest BCUT2D eigenvalue weighted by Gasteiger charge is 2.17. The number of hydrogen-bond donors (Lipinski definition) is 1. The highest BCUT2D eigenvalue weighted by molar-refractivity contribution is 6.42. The molecule has 0 bridgehead atoms. The van der Waals surface area contributed by atoms with Gasteiger partial charge in [-0.05, 0) is 31.7 Å².